The summed E-state index contributed by atoms with van der Waals surface area (Å²) in [6, 6.07) is 10.7. The molecule has 0 aliphatic rings. The molecule has 7 heteroatoms. The smallest absolute Gasteiger partial charge is 0.326 e. The van der Waals surface area contributed by atoms with Crippen molar-refractivity contribution in [2.75, 3.05) is 0 Å². The Morgan fingerprint density at radius 1 is 1.16 bits per heavy atom. The molecule has 2 aromatic carbocycles. The minimum atomic E-state index is -1.15. The van der Waals surface area contributed by atoms with Gasteiger partial charge in [0.25, 0.3) is 11.6 Å². The summed E-state index contributed by atoms with van der Waals surface area (Å²) in [6.07, 6.45) is 0.146. The lowest BCUT2D eigenvalue weighted by Gasteiger charge is -2.15. The van der Waals surface area contributed by atoms with Crippen LogP contribution in [-0.4, -0.2) is 27.9 Å². The number of hydrogen-bond donors (Lipinski definition) is 2. The van der Waals surface area contributed by atoms with E-state index in [9.17, 15) is 24.8 Å². The van der Waals surface area contributed by atoms with Crippen molar-refractivity contribution in [3.05, 3.63) is 74.8 Å². The highest BCUT2D eigenvalue weighted by atomic mass is 16.6. The standard InChI is InChI=1S/C18H18N2O5/c1-11-8-14(9-12(2)16(11)20(24)25)17(21)19-15(18(22)23)10-13-6-4-3-5-7-13/h3-9,15H,10H2,1-2H3,(H,19,21)(H,22,23). The highest BCUT2D eigenvalue weighted by molar-refractivity contribution is 5.97. The van der Waals surface area contributed by atoms with Gasteiger partial charge in [0.1, 0.15) is 6.04 Å². The normalized spacial score (nSPS) is 11.6. The van der Waals surface area contributed by atoms with Crippen molar-refractivity contribution in [2.45, 2.75) is 26.3 Å². The number of nitrogens with zero attached hydrogens (tertiary/aromatic N) is 1. The number of carboxylic acids is 1. The van der Waals surface area contributed by atoms with Gasteiger partial charge in [-0.25, -0.2) is 4.79 Å². The van der Waals surface area contributed by atoms with E-state index < -0.39 is 22.8 Å². The van der Waals surface area contributed by atoms with Crippen molar-refractivity contribution in [2.24, 2.45) is 0 Å². The number of rotatable bonds is 6. The maximum Gasteiger partial charge on any atom is 0.326 e. The SMILES string of the molecule is Cc1cc(C(=O)NC(Cc2ccccc2)C(=O)O)cc(C)c1[N+](=O)[O-]. The molecular formula is C18H18N2O5. The van der Waals surface area contributed by atoms with Crippen LogP contribution in [0.2, 0.25) is 0 Å². The second kappa shape index (κ2) is 7.57. The summed E-state index contributed by atoms with van der Waals surface area (Å²) in [5.41, 5.74) is 1.64. The third-order valence-corrected chi connectivity index (χ3v) is 3.82. The molecule has 25 heavy (non-hydrogen) atoms. The van der Waals surface area contributed by atoms with Crippen LogP contribution in [0.4, 0.5) is 5.69 Å². The van der Waals surface area contributed by atoms with E-state index in [1.165, 1.54) is 12.1 Å². The molecule has 0 radical (unpaired) electrons. The number of amides is 1. The van der Waals surface area contributed by atoms with Crippen LogP contribution in [0.15, 0.2) is 42.5 Å². The number of aryl methyl sites for hydroxylation is 2. The fourth-order valence-electron chi connectivity index (χ4n) is 2.67. The van der Waals surface area contributed by atoms with E-state index in [1.807, 2.05) is 6.07 Å². The Balaban J connectivity index is 2.21. The molecule has 0 aromatic heterocycles. The zero-order chi connectivity index (χ0) is 18.6. The van der Waals surface area contributed by atoms with E-state index in [0.717, 1.165) is 5.56 Å². The Hall–Kier alpha value is -3.22. The molecule has 0 heterocycles. The second-order valence-corrected chi connectivity index (χ2v) is 5.77. The summed E-state index contributed by atoms with van der Waals surface area (Å²) in [5, 5.41) is 22.8. The van der Waals surface area contributed by atoms with Crippen LogP contribution in [0.1, 0.15) is 27.0 Å². The van der Waals surface area contributed by atoms with Crippen molar-refractivity contribution in [3.63, 3.8) is 0 Å². The van der Waals surface area contributed by atoms with Gasteiger partial charge < -0.3 is 10.4 Å². The van der Waals surface area contributed by atoms with Gasteiger partial charge >= 0.3 is 5.97 Å². The highest BCUT2D eigenvalue weighted by Gasteiger charge is 2.23. The zero-order valence-electron chi connectivity index (χ0n) is 13.9. The minimum Gasteiger partial charge on any atom is -0.480 e. The Morgan fingerprint density at radius 2 is 1.72 bits per heavy atom. The molecule has 130 valence electrons. The van der Waals surface area contributed by atoms with E-state index in [0.29, 0.717) is 11.1 Å². The predicted octanol–water partition coefficient (Wildman–Crippen LogP) is 2.64. The number of nitro groups is 1. The number of hydrogen-bond acceptors (Lipinski definition) is 4. The predicted molar refractivity (Wildman–Crippen MR) is 91.6 cm³/mol. The van der Waals surface area contributed by atoms with Crippen LogP contribution >= 0.6 is 0 Å². The first-order valence-corrected chi connectivity index (χ1v) is 7.63. The number of carboxylic acid groups (broad SMARTS) is 1. The quantitative estimate of drug-likeness (QED) is 0.619. The number of nitro benzene ring substituents is 1. The van der Waals surface area contributed by atoms with Crippen LogP contribution < -0.4 is 5.32 Å². The van der Waals surface area contributed by atoms with Gasteiger partial charge in [0.05, 0.1) is 4.92 Å². The first kappa shape index (κ1) is 18.1. The summed E-state index contributed by atoms with van der Waals surface area (Å²) in [4.78, 5) is 34.4. The number of carbonyl (C=O) groups excluding carboxylic acids is 1. The van der Waals surface area contributed by atoms with Gasteiger partial charge in [0, 0.05) is 23.1 Å². The molecule has 0 bridgehead atoms. The van der Waals surface area contributed by atoms with Crippen molar-refractivity contribution < 1.29 is 19.6 Å². The van der Waals surface area contributed by atoms with Crippen molar-refractivity contribution in [1.82, 2.24) is 5.32 Å². The summed E-state index contributed by atoms with van der Waals surface area (Å²) in [5.74, 6) is -1.73. The molecule has 2 N–H and O–H groups in total. The molecule has 7 nitrogen and oxygen atoms in total. The Labute approximate surface area is 144 Å². The summed E-state index contributed by atoms with van der Waals surface area (Å²) in [7, 11) is 0. The van der Waals surface area contributed by atoms with Gasteiger partial charge in [-0.1, -0.05) is 30.3 Å². The lowest BCUT2D eigenvalue weighted by Crippen LogP contribution is -2.42. The Bertz CT molecular complexity index is 794. The molecule has 0 saturated heterocycles. The van der Waals surface area contributed by atoms with E-state index in [4.69, 9.17) is 0 Å². The topological polar surface area (TPSA) is 110 Å². The molecule has 1 atom stereocenters. The average molecular weight is 342 g/mol. The highest BCUT2D eigenvalue weighted by Crippen LogP contribution is 2.24. The fraction of sp³-hybridized carbons (Fsp3) is 0.222. The van der Waals surface area contributed by atoms with Crippen molar-refractivity contribution >= 4 is 17.6 Å². The van der Waals surface area contributed by atoms with Crippen LogP contribution in [-0.2, 0) is 11.2 Å². The fourth-order valence-corrected chi connectivity index (χ4v) is 2.67. The summed E-state index contributed by atoms with van der Waals surface area (Å²) in [6.45, 7) is 3.08. The molecule has 0 fully saturated rings. The largest absolute Gasteiger partial charge is 0.480 e. The lowest BCUT2D eigenvalue weighted by atomic mass is 10.0. The monoisotopic (exact) mass is 342 g/mol. The lowest BCUT2D eigenvalue weighted by molar-refractivity contribution is -0.386. The average Bonchev–Trinajstić information content (AvgIpc) is 2.53. The van der Waals surface area contributed by atoms with Gasteiger partial charge in [-0.05, 0) is 31.5 Å². The van der Waals surface area contributed by atoms with Crippen LogP contribution in [0.5, 0.6) is 0 Å². The summed E-state index contributed by atoms with van der Waals surface area (Å²) >= 11 is 0. The van der Waals surface area contributed by atoms with Crippen LogP contribution in [0, 0.1) is 24.0 Å². The van der Waals surface area contributed by atoms with Crippen molar-refractivity contribution in [3.8, 4) is 0 Å². The van der Waals surface area contributed by atoms with E-state index in [2.05, 4.69) is 5.32 Å². The van der Waals surface area contributed by atoms with Gasteiger partial charge in [0.15, 0.2) is 0 Å². The molecular weight excluding hydrogens is 324 g/mol. The summed E-state index contributed by atoms with van der Waals surface area (Å²) < 4.78 is 0. The molecule has 0 saturated carbocycles. The van der Waals surface area contributed by atoms with Crippen LogP contribution in [0.3, 0.4) is 0 Å². The Kier molecular flexibility index (Phi) is 5.49. The van der Waals surface area contributed by atoms with Crippen molar-refractivity contribution in [1.29, 1.82) is 0 Å². The maximum absolute atomic E-state index is 12.4. The second-order valence-electron chi connectivity index (χ2n) is 5.77. The zero-order valence-corrected chi connectivity index (χ0v) is 13.9. The molecule has 0 aliphatic heterocycles. The number of aliphatic carboxylic acids is 1. The van der Waals surface area contributed by atoms with Crippen LogP contribution in [0.25, 0.3) is 0 Å². The first-order valence-electron chi connectivity index (χ1n) is 7.63. The van der Waals surface area contributed by atoms with Gasteiger partial charge in [-0.3, -0.25) is 14.9 Å². The minimum absolute atomic E-state index is 0.0457. The molecule has 0 spiro atoms. The molecule has 1 amide bonds. The number of nitrogens with one attached hydrogen (secondary N) is 1. The van der Waals surface area contributed by atoms with Gasteiger partial charge in [0.2, 0.25) is 0 Å². The molecule has 2 rings (SSSR count). The third kappa shape index (κ3) is 4.41. The number of carbonyl (C=O) groups is 2. The van der Waals surface area contributed by atoms with E-state index >= 15 is 0 Å². The Morgan fingerprint density at radius 3 is 2.20 bits per heavy atom. The van der Waals surface area contributed by atoms with Gasteiger partial charge in [-0.2, -0.15) is 0 Å². The molecule has 2 aromatic rings. The number of benzene rings is 2. The first-order chi connectivity index (χ1) is 11.8. The third-order valence-electron chi connectivity index (χ3n) is 3.82. The van der Waals surface area contributed by atoms with Gasteiger partial charge in [-0.15, -0.1) is 0 Å². The molecule has 1 unspecified atom stereocenters. The van der Waals surface area contributed by atoms with E-state index in [1.54, 1.807) is 38.1 Å². The van der Waals surface area contributed by atoms with E-state index in [-0.39, 0.29) is 17.7 Å². The maximum atomic E-state index is 12.4. The molecule has 0 aliphatic carbocycles.